The molecule has 9 heteroatoms. The Balaban J connectivity index is 2.21. The van der Waals surface area contributed by atoms with E-state index in [-0.39, 0.29) is 17.8 Å². The number of pyridine rings is 1. The highest BCUT2D eigenvalue weighted by Gasteiger charge is 2.33. The molecular formula is C18H23ClF2N4O2. The van der Waals surface area contributed by atoms with Crippen molar-refractivity contribution in [2.24, 2.45) is 5.73 Å². The predicted octanol–water partition coefficient (Wildman–Crippen LogP) is 3.04. The first-order chi connectivity index (χ1) is 12.5. The number of hydrogen-bond acceptors (Lipinski definition) is 5. The van der Waals surface area contributed by atoms with Gasteiger partial charge in [0.05, 0.1) is 12.6 Å². The second-order valence-electron chi connectivity index (χ2n) is 6.49. The van der Waals surface area contributed by atoms with Crippen LogP contribution in [0.3, 0.4) is 0 Å². The van der Waals surface area contributed by atoms with Crippen LogP contribution in [0.5, 0.6) is 0 Å². The Bertz CT molecular complexity index is 790. The maximum atomic E-state index is 12.9. The van der Waals surface area contributed by atoms with Gasteiger partial charge in [0.1, 0.15) is 5.15 Å². The van der Waals surface area contributed by atoms with Gasteiger partial charge in [0.2, 0.25) is 0 Å². The molecule has 0 saturated carbocycles. The van der Waals surface area contributed by atoms with Crippen LogP contribution < -0.4 is 11.1 Å². The lowest BCUT2D eigenvalue weighted by Gasteiger charge is -2.27. The Hall–Kier alpha value is -2.35. The lowest BCUT2D eigenvalue weighted by molar-refractivity contribution is -0.0446. The van der Waals surface area contributed by atoms with Gasteiger partial charge in [-0.1, -0.05) is 11.6 Å². The third-order valence-electron chi connectivity index (χ3n) is 4.27. The van der Waals surface area contributed by atoms with E-state index >= 15 is 0 Å². The molecule has 0 aromatic carbocycles. The van der Waals surface area contributed by atoms with Gasteiger partial charge in [-0.25, -0.2) is 13.8 Å². The van der Waals surface area contributed by atoms with E-state index in [2.05, 4.69) is 10.3 Å². The number of hydrogen-bond donors (Lipinski definition) is 2. The fourth-order valence-corrected chi connectivity index (χ4v) is 2.94. The van der Waals surface area contributed by atoms with Crippen LogP contribution in [0.15, 0.2) is 35.5 Å². The minimum absolute atomic E-state index is 0.0974. The number of carbonyl (C=O) groups is 1. The Morgan fingerprint density at radius 2 is 2.26 bits per heavy atom. The van der Waals surface area contributed by atoms with E-state index < -0.39 is 12.5 Å². The Kier molecular flexibility index (Phi) is 6.30. The summed E-state index contributed by atoms with van der Waals surface area (Å²) in [6, 6.07) is 1.31. The normalized spacial score (nSPS) is 16.8. The van der Waals surface area contributed by atoms with Crippen molar-refractivity contribution in [1.82, 2.24) is 15.2 Å². The second kappa shape index (κ2) is 8.12. The molecule has 6 nitrogen and oxygen atoms in total. The first kappa shape index (κ1) is 21.0. The van der Waals surface area contributed by atoms with Crippen LogP contribution in [0.1, 0.15) is 36.7 Å². The molecule has 1 unspecified atom stereocenters. The minimum atomic E-state index is -2.98. The number of alkyl halides is 2. The fraction of sp³-hybridized carbons (Fsp3) is 0.444. The topological polar surface area (TPSA) is 80.5 Å². The Morgan fingerprint density at radius 1 is 1.59 bits per heavy atom. The molecule has 1 amide bonds. The zero-order chi connectivity index (χ0) is 20.4. The number of fused-ring (bicyclic) bond motifs is 1. The maximum absolute atomic E-state index is 12.9. The van der Waals surface area contributed by atoms with Crippen molar-refractivity contribution >= 4 is 17.5 Å². The third-order valence-corrected chi connectivity index (χ3v) is 4.60. The summed E-state index contributed by atoms with van der Waals surface area (Å²) in [6.07, 6.45) is 3.17. The predicted molar refractivity (Wildman–Crippen MR) is 99.2 cm³/mol. The molecule has 2 heterocycles. The zero-order valence-corrected chi connectivity index (χ0v) is 16.4. The number of nitrogens with zero attached hydrogens (tertiary/aromatic N) is 2. The molecule has 0 aliphatic carbocycles. The fourth-order valence-electron chi connectivity index (χ4n) is 2.72. The monoisotopic (exact) mass is 400 g/mol. The number of ether oxygens (including phenoxy) is 1. The molecule has 1 atom stereocenters. The SMILES string of the molecule is CN/C(=C\C(C)=C(/N)OCC(C)(F)F)C(C)N1Cc2c(ccnc2Cl)C1=O. The zero-order valence-electron chi connectivity index (χ0n) is 15.6. The highest BCUT2D eigenvalue weighted by Crippen LogP contribution is 2.30. The summed E-state index contributed by atoms with van der Waals surface area (Å²) < 4.78 is 30.8. The Labute approximate surface area is 162 Å². The van der Waals surface area contributed by atoms with Gasteiger partial charge in [-0.3, -0.25) is 4.79 Å². The van der Waals surface area contributed by atoms with E-state index in [0.29, 0.717) is 34.1 Å². The number of halogens is 3. The van der Waals surface area contributed by atoms with E-state index in [9.17, 15) is 13.6 Å². The second-order valence-corrected chi connectivity index (χ2v) is 6.85. The van der Waals surface area contributed by atoms with Crippen LogP contribution in [0.4, 0.5) is 8.78 Å². The summed E-state index contributed by atoms with van der Waals surface area (Å²) >= 11 is 6.09. The van der Waals surface area contributed by atoms with Gasteiger partial charge in [-0.15, -0.1) is 0 Å². The molecule has 0 fully saturated rings. The lowest BCUT2D eigenvalue weighted by atomic mass is 10.1. The molecule has 0 radical (unpaired) electrons. The summed E-state index contributed by atoms with van der Waals surface area (Å²) in [5.41, 5.74) is 8.10. The summed E-state index contributed by atoms with van der Waals surface area (Å²) in [5.74, 6) is -3.23. The highest BCUT2D eigenvalue weighted by atomic mass is 35.5. The molecule has 27 heavy (non-hydrogen) atoms. The first-order valence-corrected chi connectivity index (χ1v) is 8.73. The van der Waals surface area contributed by atoms with Gasteiger partial charge in [-0.05, 0) is 26.0 Å². The molecule has 0 spiro atoms. The summed E-state index contributed by atoms with van der Waals surface area (Å²) in [7, 11) is 1.70. The number of nitrogens with one attached hydrogen (secondary N) is 1. The number of aromatic nitrogens is 1. The van der Waals surface area contributed by atoms with Crippen LogP contribution in [-0.2, 0) is 11.3 Å². The molecule has 0 saturated heterocycles. The minimum Gasteiger partial charge on any atom is -0.473 e. The third kappa shape index (κ3) is 4.88. The van der Waals surface area contributed by atoms with Gasteiger partial charge in [0, 0.05) is 42.6 Å². The molecule has 1 aliphatic heterocycles. The van der Waals surface area contributed by atoms with Crippen molar-refractivity contribution in [3.8, 4) is 0 Å². The van der Waals surface area contributed by atoms with E-state index in [1.165, 1.54) is 6.20 Å². The Morgan fingerprint density at radius 3 is 2.81 bits per heavy atom. The maximum Gasteiger partial charge on any atom is 0.278 e. The van der Waals surface area contributed by atoms with Crippen molar-refractivity contribution in [2.45, 2.75) is 39.3 Å². The molecule has 1 aromatic rings. The first-order valence-electron chi connectivity index (χ1n) is 8.35. The van der Waals surface area contributed by atoms with Crippen molar-refractivity contribution in [1.29, 1.82) is 0 Å². The molecule has 0 bridgehead atoms. The lowest BCUT2D eigenvalue weighted by Crippen LogP contribution is -2.38. The van der Waals surface area contributed by atoms with E-state index in [1.807, 2.05) is 6.92 Å². The molecule has 148 valence electrons. The summed E-state index contributed by atoms with van der Waals surface area (Å²) in [6.45, 7) is 3.77. The molecule has 3 N–H and O–H groups in total. The van der Waals surface area contributed by atoms with E-state index in [4.69, 9.17) is 22.1 Å². The van der Waals surface area contributed by atoms with E-state index in [0.717, 1.165) is 6.92 Å². The van der Waals surface area contributed by atoms with Crippen LogP contribution in [0.2, 0.25) is 5.15 Å². The van der Waals surface area contributed by atoms with Gasteiger partial charge >= 0.3 is 0 Å². The average molecular weight is 401 g/mol. The van der Waals surface area contributed by atoms with Gasteiger partial charge < -0.3 is 20.7 Å². The number of nitrogens with two attached hydrogens (primary N) is 1. The van der Waals surface area contributed by atoms with Gasteiger partial charge in [0.25, 0.3) is 11.8 Å². The summed E-state index contributed by atoms with van der Waals surface area (Å²) in [4.78, 5) is 18.3. The van der Waals surface area contributed by atoms with Crippen molar-refractivity contribution in [3.63, 3.8) is 0 Å². The summed E-state index contributed by atoms with van der Waals surface area (Å²) in [5, 5.41) is 3.33. The number of carbonyl (C=O) groups excluding carboxylic acids is 1. The van der Waals surface area contributed by atoms with Gasteiger partial charge in [-0.2, -0.15) is 0 Å². The highest BCUT2D eigenvalue weighted by molar-refractivity contribution is 6.30. The standard InChI is InChI=1S/C18H23ClF2N4O2/c1-10(16(22)27-9-18(3,20)21)7-14(23-4)11(2)25-8-13-12(17(25)26)5-6-24-15(13)19/h5-7,11,23H,8-9,22H2,1-4H3/b14-7-,16-10+. The van der Waals surface area contributed by atoms with Crippen LogP contribution >= 0.6 is 11.6 Å². The number of allylic oxidation sites excluding steroid dienone is 2. The van der Waals surface area contributed by atoms with Gasteiger partial charge in [0.15, 0.2) is 12.5 Å². The molecule has 1 aromatic heterocycles. The van der Waals surface area contributed by atoms with Crippen LogP contribution in [0, 0.1) is 0 Å². The van der Waals surface area contributed by atoms with Crippen molar-refractivity contribution < 1.29 is 18.3 Å². The average Bonchev–Trinajstić information content (AvgIpc) is 2.94. The van der Waals surface area contributed by atoms with Crippen LogP contribution in [-0.4, -0.2) is 41.4 Å². The quantitative estimate of drug-likeness (QED) is 0.417. The smallest absolute Gasteiger partial charge is 0.278 e. The van der Waals surface area contributed by atoms with Crippen molar-refractivity contribution in [2.75, 3.05) is 13.7 Å². The number of likely N-dealkylation sites (N-methyl/N-ethyl adjacent to an activating group) is 1. The number of amides is 1. The largest absolute Gasteiger partial charge is 0.473 e. The molecule has 2 rings (SSSR count). The van der Waals surface area contributed by atoms with Crippen molar-refractivity contribution in [3.05, 3.63) is 51.8 Å². The molecule has 1 aliphatic rings. The van der Waals surface area contributed by atoms with E-state index in [1.54, 1.807) is 31.0 Å². The molecular weight excluding hydrogens is 378 g/mol. The van der Waals surface area contributed by atoms with Crippen LogP contribution in [0.25, 0.3) is 0 Å². The number of rotatable bonds is 7.